The van der Waals surface area contributed by atoms with E-state index in [-0.39, 0.29) is 0 Å². The smallest absolute Gasteiger partial charge is 0.113 e. The van der Waals surface area contributed by atoms with Crippen molar-refractivity contribution in [1.29, 1.82) is 0 Å². The maximum atomic E-state index is 4.42. The molecule has 0 saturated heterocycles. The molecule has 2 aromatic heterocycles. The SMILES string of the molecule is CCCCCCn1cc(-c2cccc(Cc3cccc(-c4cn(CCCCCC)nn4)c3)c2)nn1. The van der Waals surface area contributed by atoms with Crippen LogP contribution in [0.3, 0.4) is 0 Å². The van der Waals surface area contributed by atoms with Crippen molar-refractivity contribution in [2.45, 2.75) is 84.7 Å². The van der Waals surface area contributed by atoms with Gasteiger partial charge in [-0.05, 0) is 42.5 Å². The standard InChI is InChI=1S/C29H38N6/c1-3-5-7-9-17-34-22-28(30-32-34)26-15-11-13-24(20-26)19-25-14-12-16-27(21-25)29-23-35(33-31-29)18-10-8-6-4-2/h11-16,20-23H,3-10,17-19H2,1-2H3. The second-order valence-electron chi connectivity index (χ2n) is 9.43. The summed E-state index contributed by atoms with van der Waals surface area (Å²) in [5.41, 5.74) is 6.63. The van der Waals surface area contributed by atoms with E-state index in [1.807, 2.05) is 9.36 Å². The monoisotopic (exact) mass is 470 g/mol. The van der Waals surface area contributed by atoms with Crippen molar-refractivity contribution in [2.24, 2.45) is 0 Å². The van der Waals surface area contributed by atoms with Gasteiger partial charge in [0, 0.05) is 24.2 Å². The molecule has 0 atom stereocenters. The van der Waals surface area contributed by atoms with Gasteiger partial charge in [0.15, 0.2) is 0 Å². The molecule has 0 saturated carbocycles. The molecule has 2 aromatic carbocycles. The molecule has 6 nitrogen and oxygen atoms in total. The summed E-state index contributed by atoms with van der Waals surface area (Å²) in [4.78, 5) is 0. The maximum absolute atomic E-state index is 4.42. The van der Waals surface area contributed by atoms with E-state index < -0.39 is 0 Å². The Morgan fingerprint density at radius 2 is 1.09 bits per heavy atom. The van der Waals surface area contributed by atoms with Crippen molar-refractivity contribution >= 4 is 0 Å². The average molecular weight is 471 g/mol. The Bertz CT molecular complexity index is 1080. The van der Waals surface area contributed by atoms with Gasteiger partial charge >= 0.3 is 0 Å². The van der Waals surface area contributed by atoms with Crippen LogP contribution >= 0.6 is 0 Å². The van der Waals surface area contributed by atoms with Gasteiger partial charge in [0.05, 0.1) is 12.4 Å². The fourth-order valence-electron chi connectivity index (χ4n) is 4.40. The van der Waals surface area contributed by atoms with Crippen LogP contribution in [-0.2, 0) is 19.5 Å². The Hall–Kier alpha value is -3.28. The molecule has 6 heteroatoms. The molecule has 0 aliphatic carbocycles. The van der Waals surface area contributed by atoms with E-state index in [0.717, 1.165) is 54.9 Å². The fraction of sp³-hybridized carbons (Fsp3) is 0.448. The molecule has 35 heavy (non-hydrogen) atoms. The van der Waals surface area contributed by atoms with Crippen molar-refractivity contribution < 1.29 is 0 Å². The van der Waals surface area contributed by atoms with Gasteiger partial charge in [-0.15, -0.1) is 10.2 Å². The summed E-state index contributed by atoms with van der Waals surface area (Å²) in [7, 11) is 0. The van der Waals surface area contributed by atoms with Crippen LogP contribution in [0.5, 0.6) is 0 Å². The van der Waals surface area contributed by atoms with Crippen LogP contribution in [0.2, 0.25) is 0 Å². The van der Waals surface area contributed by atoms with Crippen molar-refractivity contribution in [1.82, 2.24) is 30.0 Å². The molecule has 0 N–H and O–H groups in total. The molecule has 0 aliphatic rings. The van der Waals surface area contributed by atoms with E-state index in [0.29, 0.717) is 0 Å². The molecule has 0 amide bonds. The third kappa shape index (κ3) is 7.35. The van der Waals surface area contributed by atoms with Crippen LogP contribution in [0.1, 0.15) is 76.3 Å². The summed E-state index contributed by atoms with van der Waals surface area (Å²) in [5, 5.41) is 17.5. The van der Waals surface area contributed by atoms with Crippen LogP contribution in [0.4, 0.5) is 0 Å². The highest BCUT2D eigenvalue weighted by atomic mass is 15.4. The molecular formula is C29H38N6. The lowest BCUT2D eigenvalue weighted by Gasteiger charge is -2.06. The van der Waals surface area contributed by atoms with E-state index in [1.165, 1.54) is 49.7 Å². The van der Waals surface area contributed by atoms with Crippen LogP contribution in [0.25, 0.3) is 22.5 Å². The predicted octanol–water partition coefficient (Wildman–Crippen LogP) is 6.96. The molecule has 0 aliphatic heterocycles. The first-order valence-electron chi connectivity index (χ1n) is 13.2. The number of nitrogens with zero attached hydrogens (tertiary/aromatic N) is 6. The molecule has 4 rings (SSSR count). The fourth-order valence-corrected chi connectivity index (χ4v) is 4.40. The van der Waals surface area contributed by atoms with Crippen LogP contribution in [0.15, 0.2) is 60.9 Å². The largest absolute Gasteiger partial charge is 0.252 e. The van der Waals surface area contributed by atoms with E-state index in [4.69, 9.17) is 0 Å². The van der Waals surface area contributed by atoms with Crippen LogP contribution in [0, 0.1) is 0 Å². The summed E-state index contributed by atoms with van der Waals surface area (Å²) < 4.78 is 3.94. The zero-order valence-electron chi connectivity index (χ0n) is 21.2. The summed E-state index contributed by atoms with van der Waals surface area (Å²) in [6.45, 7) is 6.33. The van der Waals surface area contributed by atoms with E-state index in [9.17, 15) is 0 Å². The number of rotatable bonds is 14. The molecule has 0 radical (unpaired) electrons. The van der Waals surface area contributed by atoms with Crippen molar-refractivity contribution in [3.05, 3.63) is 72.1 Å². The molecule has 2 heterocycles. The Balaban J connectivity index is 1.39. The number of aromatic nitrogens is 6. The zero-order chi connectivity index (χ0) is 24.3. The lowest BCUT2D eigenvalue weighted by atomic mass is 10.00. The molecule has 0 unspecified atom stereocenters. The molecule has 0 spiro atoms. The molecule has 184 valence electrons. The summed E-state index contributed by atoms with van der Waals surface area (Å²) in [6, 6.07) is 17.3. The molecule has 0 bridgehead atoms. The zero-order valence-corrected chi connectivity index (χ0v) is 21.2. The van der Waals surface area contributed by atoms with Gasteiger partial charge in [-0.25, -0.2) is 0 Å². The van der Waals surface area contributed by atoms with Gasteiger partial charge in [0.25, 0.3) is 0 Å². The van der Waals surface area contributed by atoms with E-state index in [2.05, 4.69) is 95.4 Å². The first-order chi connectivity index (χ1) is 17.2. The number of benzene rings is 2. The first kappa shape index (κ1) is 24.8. The van der Waals surface area contributed by atoms with Gasteiger partial charge < -0.3 is 0 Å². The Morgan fingerprint density at radius 3 is 1.54 bits per heavy atom. The molecule has 0 fully saturated rings. The Labute approximate surface area is 209 Å². The minimum Gasteiger partial charge on any atom is -0.252 e. The van der Waals surface area contributed by atoms with Gasteiger partial charge in [0.1, 0.15) is 11.4 Å². The third-order valence-electron chi connectivity index (χ3n) is 6.41. The van der Waals surface area contributed by atoms with Gasteiger partial charge in [-0.1, -0.05) is 99.2 Å². The summed E-state index contributed by atoms with van der Waals surface area (Å²) in [6.07, 6.45) is 14.8. The van der Waals surface area contributed by atoms with Crippen molar-refractivity contribution in [3.8, 4) is 22.5 Å². The predicted molar refractivity (Wildman–Crippen MR) is 142 cm³/mol. The highest BCUT2D eigenvalue weighted by Crippen LogP contribution is 2.23. The number of hydrogen-bond acceptors (Lipinski definition) is 4. The lowest BCUT2D eigenvalue weighted by Crippen LogP contribution is -1.98. The number of hydrogen-bond donors (Lipinski definition) is 0. The number of unbranched alkanes of at least 4 members (excludes halogenated alkanes) is 6. The normalized spacial score (nSPS) is 11.3. The maximum Gasteiger partial charge on any atom is 0.113 e. The average Bonchev–Trinajstić information content (AvgIpc) is 3.55. The highest BCUT2D eigenvalue weighted by Gasteiger charge is 2.08. The van der Waals surface area contributed by atoms with Crippen LogP contribution in [-0.4, -0.2) is 30.0 Å². The first-order valence-corrected chi connectivity index (χ1v) is 13.2. The van der Waals surface area contributed by atoms with Crippen LogP contribution < -0.4 is 0 Å². The van der Waals surface area contributed by atoms with Crippen molar-refractivity contribution in [3.63, 3.8) is 0 Å². The minimum absolute atomic E-state index is 0.859. The summed E-state index contributed by atoms with van der Waals surface area (Å²) in [5.74, 6) is 0. The van der Waals surface area contributed by atoms with Gasteiger partial charge in [-0.3, -0.25) is 9.36 Å². The van der Waals surface area contributed by atoms with Crippen molar-refractivity contribution in [2.75, 3.05) is 0 Å². The van der Waals surface area contributed by atoms with E-state index in [1.54, 1.807) is 0 Å². The van der Waals surface area contributed by atoms with E-state index >= 15 is 0 Å². The second kappa shape index (κ2) is 13.0. The topological polar surface area (TPSA) is 61.4 Å². The third-order valence-corrected chi connectivity index (χ3v) is 6.41. The molecule has 4 aromatic rings. The van der Waals surface area contributed by atoms with Gasteiger partial charge in [-0.2, -0.15) is 0 Å². The Morgan fingerprint density at radius 1 is 0.600 bits per heavy atom. The number of aryl methyl sites for hydroxylation is 2. The lowest BCUT2D eigenvalue weighted by molar-refractivity contribution is 0.527. The minimum atomic E-state index is 0.859. The molecular weight excluding hydrogens is 432 g/mol. The summed E-state index contributed by atoms with van der Waals surface area (Å²) >= 11 is 0. The van der Waals surface area contributed by atoms with Gasteiger partial charge in [0.2, 0.25) is 0 Å². The second-order valence-corrected chi connectivity index (χ2v) is 9.43. The highest BCUT2D eigenvalue weighted by molar-refractivity contribution is 5.60. The Kier molecular flexibility index (Phi) is 9.21. The quantitative estimate of drug-likeness (QED) is 0.187.